The van der Waals surface area contributed by atoms with Crippen LogP contribution in [0.4, 0.5) is 13.2 Å². The summed E-state index contributed by atoms with van der Waals surface area (Å²) in [5.41, 5.74) is 2.00. The molecule has 0 aliphatic carbocycles. The van der Waals surface area contributed by atoms with Gasteiger partial charge in [0.1, 0.15) is 5.75 Å². The van der Waals surface area contributed by atoms with Crippen LogP contribution in [0.15, 0.2) is 48.5 Å². The molecule has 0 aliphatic rings. The number of aliphatic hydroxyl groups is 1. The van der Waals surface area contributed by atoms with E-state index in [1.54, 1.807) is 43.3 Å². The van der Waals surface area contributed by atoms with Crippen LogP contribution in [-0.2, 0) is 10.1 Å². The van der Waals surface area contributed by atoms with Gasteiger partial charge in [-0.1, -0.05) is 36.4 Å². The van der Waals surface area contributed by atoms with Gasteiger partial charge in [0.25, 0.3) is 0 Å². The molecule has 2 rings (SSSR count). The van der Waals surface area contributed by atoms with Crippen molar-refractivity contribution in [2.24, 2.45) is 0 Å². The van der Waals surface area contributed by atoms with E-state index in [0.29, 0.717) is 16.7 Å². The monoisotopic (exact) mass is 388 g/mol. The molecule has 142 valence electrons. The quantitative estimate of drug-likeness (QED) is 0.712. The SMILES string of the molecule is CC(O)c1ccccc1-c1cccc(OS(=O)(=O)CCCC(F)(F)F)c1. The minimum Gasteiger partial charge on any atom is -0.389 e. The molecular weight excluding hydrogens is 369 g/mol. The molecule has 0 saturated carbocycles. The van der Waals surface area contributed by atoms with Crippen LogP contribution in [-0.4, -0.2) is 25.5 Å². The highest BCUT2D eigenvalue weighted by atomic mass is 32.2. The van der Waals surface area contributed by atoms with Crippen molar-refractivity contribution in [2.45, 2.75) is 32.0 Å². The molecule has 1 N–H and O–H groups in total. The Morgan fingerprint density at radius 2 is 1.81 bits per heavy atom. The van der Waals surface area contributed by atoms with E-state index in [-0.39, 0.29) is 5.75 Å². The number of benzene rings is 2. The summed E-state index contributed by atoms with van der Waals surface area (Å²) in [5, 5.41) is 9.87. The van der Waals surface area contributed by atoms with Crippen molar-refractivity contribution in [1.29, 1.82) is 0 Å². The van der Waals surface area contributed by atoms with Gasteiger partial charge in [-0.3, -0.25) is 0 Å². The average molecular weight is 388 g/mol. The Hall–Kier alpha value is -2.06. The minimum atomic E-state index is -4.40. The van der Waals surface area contributed by atoms with Crippen molar-refractivity contribution in [1.82, 2.24) is 0 Å². The molecular formula is C18H19F3O4S. The van der Waals surface area contributed by atoms with Gasteiger partial charge in [-0.2, -0.15) is 21.6 Å². The molecule has 0 bridgehead atoms. The lowest BCUT2D eigenvalue weighted by Gasteiger charge is -2.13. The fourth-order valence-corrected chi connectivity index (χ4v) is 3.46. The molecule has 0 aliphatic heterocycles. The lowest BCUT2D eigenvalue weighted by atomic mass is 9.97. The number of aliphatic hydroxyl groups excluding tert-OH is 1. The molecule has 1 atom stereocenters. The van der Waals surface area contributed by atoms with Crippen molar-refractivity contribution < 1.29 is 30.9 Å². The Kier molecular flexibility index (Phi) is 6.30. The summed E-state index contributed by atoms with van der Waals surface area (Å²) in [4.78, 5) is 0. The predicted molar refractivity (Wildman–Crippen MR) is 92.2 cm³/mol. The third kappa shape index (κ3) is 6.03. The Balaban J connectivity index is 2.17. The Morgan fingerprint density at radius 3 is 2.46 bits per heavy atom. The molecule has 0 spiro atoms. The average Bonchev–Trinajstić information content (AvgIpc) is 2.53. The van der Waals surface area contributed by atoms with E-state index in [9.17, 15) is 26.7 Å². The number of rotatable bonds is 7. The smallest absolute Gasteiger partial charge is 0.389 e. The van der Waals surface area contributed by atoms with Gasteiger partial charge in [-0.05, 0) is 42.2 Å². The molecule has 8 heteroatoms. The first-order chi connectivity index (χ1) is 12.1. The third-order valence-corrected chi connectivity index (χ3v) is 4.87. The van der Waals surface area contributed by atoms with Gasteiger partial charge in [0, 0.05) is 6.42 Å². The van der Waals surface area contributed by atoms with Crippen LogP contribution in [0.5, 0.6) is 5.75 Å². The largest absolute Gasteiger partial charge is 0.389 e. The summed E-state index contributed by atoms with van der Waals surface area (Å²) in [7, 11) is -4.13. The van der Waals surface area contributed by atoms with Gasteiger partial charge in [0.2, 0.25) is 0 Å². The van der Waals surface area contributed by atoms with Crippen LogP contribution in [0.3, 0.4) is 0 Å². The second-order valence-corrected chi connectivity index (χ2v) is 7.55. The highest BCUT2D eigenvalue weighted by Gasteiger charge is 2.27. The van der Waals surface area contributed by atoms with E-state index in [4.69, 9.17) is 4.18 Å². The molecule has 0 heterocycles. The molecule has 0 fully saturated rings. The van der Waals surface area contributed by atoms with Gasteiger partial charge in [0.05, 0.1) is 11.9 Å². The first-order valence-electron chi connectivity index (χ1n) is 7.94. The number of alkyl halides is 3. The standard InChI is InChI=1S/C18H19F3O4S/c1-13(22)16-8-2-3-9-17(16)14-6-4-7-15(12-14)25-26(23,24)11-5-10-18(19,20)21/h2-4,6-9,12-13,22H,5,10-11H2,1H3. The van der Waals surface area contributed by atoms with Crippen molar-refractivity contribution >= 4 is 10.1 Å². The first kappa shape index (κ1) is 20.3. The van der Waals surface area contributed by atoms with Crippen molar-refractivity contribution in [3.63, 3.8) is 0 Å². The summed E-state index contributed by atoms with van der Waals surface area (Å²) < 4.78 is 65.1. The van der Waals surface area contributed by atoms with Gasteiger partial charge in [0.15, 0.2) is 0 Å². The van der Waals surface area contributed by atoms with Crippen molar-refractivity contribution in [3.8, 4) is 16.9 Å². The van der Waals surface area contributed by atoms with E-state index >= 15 is 0 Å². The number of halogens is 3. The van der Waals surface area contributed by atoms with Gasteiger partial charge in [-0.15, -0.1) is 0 Å². The molecule has 4 nitrogen and oxygen atoms in total. The maximum Gasteiger partial charge on any atom is 0.389 e. The van der Waals surface area contributed by atoms with Gasteiger partial charge in [-0.25, -0.2) is 0 Å². The zero-order valence-electron chi connectivity index (χ0n) is 14.0. The van der Waals surface area contributed by atoms with Crippen LogP contribution >= 0.6 is 0 Å². The van der Waals surface area contributed by atoms with Crippen molar-refractivity contribution in [2.75, 3.05) is 5.75 Å². The van der Waals surface area contributed by atoms with E-state index < -0.39 is 41.0 Å². The second kappa shape index (κ2) is 8.09. The summed E-state index contributed by atoms with van der Waals surface area (Å²) >= 11 is 0. The Morgan fingerprint density at radius 1 is 1.12 bits per heavy atom. The molecule has 0 amide bonds. The highest BCUT2D eigenvalue weighted by Crippen LogP contribution is 2.31. The van der Waals surface area contributed by atoms with E-state index in [1.165, 1.54) is 12.1 Å². The molecule has 26 heavy (non-hydrogen) atoms. The molecule has 2 aromatic rings. The van der Waals surface area contributed by atoms with Crippen LogP contribution in [0.1, 0.15) is 31.4 Å². The maximum atomic E-state index is 12.1. The second-order valence-electron chi connectivity index (χ2n) is 5.85. The Bertz CT molecular complexity index is 846. The predicted octanol–water partition coefficient (Wildman–Crippen LogP) is 4.46. The lowest BCUT2D eigenvalue weighted by Crippen LogP contribution is -2.16. The van der Waals surface area contributed by atoms with Gasteiger partial charge >= 0.3 is 16.3 Å². The van der Waals surface area contributed by atoms with Crippen LogP contribution in [0, 0.1) is 0 Å². The zero-order chi connectivity index (χ0) is 19.4. The van der Waals surface area contributed by atoms with E-state index in [1.807, 2.05) is 0 Å². The zero-order valence-corrected chi connectivity index (χ0v) is 14.8. The molecule has 2 aromatic carbocycles. The van der Waals surface area contributed by atoms with E-state index in [0.717, 1.165) is 0 Å². The summed E-state index contributed by atoms with van der Waals surface area (Å²) in [6.07, 6.45) is -6.87. The molecule has 0 aromatic heterocycles. The summed E-state index contributed by atoms with van der Waals surface area (Å²) in [5.74, 6) is -0.712. The van der Waals surface area contributed by atoms with Gasteiger partial charge < -0.3 is 9.29 Å². The highest BCUT2D eigenvalue weighted by molar-refractivity contribution is 7.87. The van der Waals surface area contributed by atoms with Crippen molar-refractivity contribution in [3.05, 3.63) is 54.1 Å². The topological polar surface area (TPSA) is 63.6 Å². The maximum absolute atomic E-state index is 12.1. The summed E-state index contributed by atoms with van der Waals surface area (Å²) in [6.45, 7) is 1.62. The third-order valence-electron chi connectivity index (χ3n) is 3.63. The van der Waals surface area contributed by atoms with Crippen LogP contribution < -0.4 is 4.18 Å². The van der Waals surface area contributed by atoms with Crippen LogP contribution in [0.2, 0.25) is 0 Å². The van der Waals surface area contributed by atoms with Crippen LogP contribution in [0.25, 0.3) is 11.1 Å². The fourth-order valence-electron chi connectivity index (χ4n) is 2.48. The molecule has 1 unspecified atom stereocenters. The summed E-state index contributed by atoms with van der Waals surface area (Å²) in [6, 6.07) is 13.3. The van der Waals surface area contributed by atoms with E-state index in [2.05, 4.69) is 0 Å². The first-order valence-corrected chi connectivity index (χ1v) is 9.51. The normalized spacial score (nSPS) is 13.4. The minimum absolute atomic E-state index is 0.00917. The number of hydrogen-bond acceptors (Lipinski definition) is 4. The molecule has 0 radical (unpaired) electrons. The number of hydrogen-bond donors (Lipinski definition) is 1. The lowest BCUT2D eigenvalue weighted by molar-refractivity contribution is -0.134. The fraction of sp³-hybridized carbons (Fsp3) is 0.333. The molecule has 0 saturated heterocycles. The Labute approximate surface area is 150 Å².